The molecule has 210 valence electrons. The van der Waals surface area contributed by atoms with Crippen LogP contribution in [0.4, 0.5) is 0 Å². The summed E-state index contributed by atoms with van der Waals surface area (Å²) in [6.07, 6.45) is 0. The molecule has 7 aromatic carbocycles. The summed E-state index contributed by atoms with van der Waals surface area (Å²) in [5.41, 5.74) is 9.81. The fourth-order valence-electron chi connectivity index (χ4n) is 7.38. The Hall–Kier alpha value is -5.64. The maximum atomic E-state index is 2.46. The summed E-state index contributed by atoms with van der Waals surface area (Å²) in [5.74, 6) is 0. The molecule has 0 aliphatic heterocycles. The number of para-hydroxylation sites is 3. The van der Waals surface area contributed by atoms with Crippen molar-refractivity contribution in [3.8, 4) is 22.5 Å². The van der Waals surface area contributed by atoms with Crippen molar-refractivity contribution in [2.45, 2.75) is 0 Å². The summed E-state index contributed by atoms with van der Waals surface area (Å²) in [5, 5.41) is 7.84. The van der Waals surface area contributed by atoms with E-state index in [1.165, 1.54) is 86.3 Å². The molecule has 0 bridgehead atoms. The summed E-state index contributed by atoms with van der Waals surface area (Å²) in [7, 11) is 0. The van der Waals surface area contributed by atoms with Crippen molar-refractivity contribution >= 4 is 75.1 Å². The van der Waals surface area contributed by atoms with Crippen molar-refractivity contribution in [3.63, 3.8) is 0 Å². The number of aromatic nitrogens is 2. The summed E-state index contributed by atoms with van der Waals surface area (Å²) in [6.45, 7) is 0. The first-order valence-electron chi connectivity index (χ1n) is 15.4. The molecule has 2 nitrogen and oxygen atoms in total. The minimum absolute atomic E-state index is 1.17. The molecule has 0 aliphatic carbocycles. The van der Waals surface area contributed by atoms with Gasteiger partial charge in [-0.25, -0.2) is 0 Å². The minimum Gasteiger partial charge on any atom is -0.309 e. The lowest BCUT2D eigenvalue weighted by Gasteiger charge is -2.10. The zero-order valence-corrected chi connectivity index (χ0v) is 25.1. The Morgan fingerprint density at radius 3 is 1.73 bits per heavy atom. The van der Waals surface area contributed by atoms with Gasteiger partial charge in [0.15, 0.2) is 0 Å². The van der Waals surface area contributed by atoms with Crippen molar-refractivity contribution in [2.75, 3.05) is 0 Å². The third kappa shape index (κ3) is 3.50. The molecule has 0 radical (unpaired) electrons. The van der Waals surface area contributed by atoms with Crippen LogP contribution in [0.2, 0.25) is 0 Å². The molecule has 3 heteroatoms. The molecule has 0 atom stereocenters. The standard InChI is InChI=1S/C42H26N2S/c1-3-11-27(12-4-1)28-19-21-30(22-20-28)43-36-18-10-8-16-33(36)39-37(43)25-23-34-40-38(45-42(34)39)26-24-32-31-15-7-9-17-35(31)44(41(32)40)29-13-5-2-6-14-29/h1-26H. The second-order valence-corrected chi connectivity index (χ2v) is 12.8. The Morgan fingerprint density at radius 1 is 0.356 bits per heavy atom. The quantitative estimate of drug-likeness (QED) is 0.194. The van der Waals surface area contributed by atoms with Crippen LogP contribution in [-0.4, -0.2) is 9.13 Å². The Labute approximate surface area is 263 Å². The topological polar surface area (TPSA) is 9.86 Å². The highest BCUT2D eigenvalue weighted by Crippen LogP contribution is 2.47. The van der Waals surface area contributed by atoms with Gasteiger partial charge in [-0.2, -0.15) is 0 Å². The van der Waals surface area contributed by atoms with Crippen molar-refractivity contribution in [1.29, 1.82) is 0 Å². The molecule has 3 heterocycles. The normalized spacial score (nSPS) is 12.0. The van der Waals surface area contributed by atoms with Gasteiger partial charge in [-0.15, -0.1) is 11.3 Å². The van der Waals surface area contributed by atoms with Crippen LogP contribution in [0.5, 0.6) is 0 Å². The molecule has 0 unspecified atom stereocenters. The van der Waals surface area contributed by atoms with Crippen LogP contribution in [0.3, 0.4) is 0 Å². The number of hydrogen-bond donors (Lipinski definition) is 0. The molecule has 0 amide bonds. The molecule has 0 N–H and O–H groups in total. The molecular formula is C42H26N2S. The fraction of sp³-hybridized carbons (Fsp3) is 0. The van der Waals surface area contributed by atoms with E-state index in [4.69, 9.17) is 0 Å². The maximum absolute atomic E-state index is 2.46. The number of fused-ring (bicyclic) bond motifs is 11. The van der Waals surface area contributed by atoms with Crippen LogP contribution in [0.25, 0.3) is 86.3 Å². The van der Waals surface area contributed by atoms with Gasteiger partial charge in [0.2, 0.25) is 0 Å². The van der Waals surface area contributed by atoms with Gasteiger partial charge in [0.05, 0.1) is 22.1 Å². The third-order valence-electron chi connectivity index (χ3n) is 9.32. The number of hydrogen-bond acceptors (Lipinski definition) is 1. The van der Waals surface area contributed by atoms with Crippen molar-refractivity contribution < 1.29 is 0 Å². The van der Waals surface area contributed by atoms with Crippen LogP contribution >= 0.6 is 11.3 Å². The monoisotopic (exact) mass is 590 g/mol. The number of benzene rings is 7. The zero-order chi connectivity index (χ0) is 29.5. The van der Waals surface area contributed by atoms with Crippen molar-refractivity contribution in [2.24, 2.45) is 0 Å². The van der Waals surface area contributed by atoms with Crippen LogP contribution < -0.4 is 0 Å². The molecule has 10 aromatic rings. The number of rotatable bonds is 3. The first kappa shape index (κ1) is 24.8. The Morgan fingerprint density at radius 2 is 0.956 bits per heavy atom. The summed E-state index contributed by atoms with van der Waals surface area (Å²) >= 11 is 1.92. The second-order valence-electron chi connectivity index (χ2n) is 11.7. The lowest BCUT2D eigenvalue weighted by Crippen LogP contribution is -1.94. The highest BCUT2D eigenvalue weighted by atomic mass is 32.1. The van der Waals surface area contributed by atoms with Gasteiger partial charge >= 0.3 is 0 Å². The smallest absolute Gasteiger partial charge is 0.0634 e. The Bertz CT molecular complexity index is 2730. The summed E-state index contributed by atoms with van der Waals surface area (Å²) in [6, 6.07) is 57.4. The second kappa shape index (κ2) is 9.43. The zero-order valence-electron chi connectivity index (χ0n) is 24.3. The average molecular weight is 591 g/mol. The molecule has 10 rings (SSSR count). The molecule has 0 aliphatic rings. The third-order valence-corrected chi connectivity index (χ3v) is 10.5. The lowest BCUT2D eigenvalue weighted by atomic mass is 10.1. The summed E-state index contributed by atoms with van der Waals surface area (Å²) in [4.78, 5) is 0. The maximum Gasteiger partial charge on any atom is 0.0634 e. The van der Waals surface area contributed by atoms with E-state index in [0.29, 0.717) is 0 Å². The van der Waals surface area contributed by atoms with E-state index in [2.05, 4.69) is 167 Å². The van der Waals surface area contributed by atoms with Gasteiger partial charge in [0, 0.05) is 53.1 Å². The van der Waals surface area contributed by atoms with E-state index < -0.39 is 0 Å². The molecule has 0 saturated carbocycles. The van der Waals surface area contributed by atoms with Crippen LogP contribution in [0.1, 0.15) is 0 Å². The molecule has 3 aromatic heterocycles. The SMILES string of the molecule is c1ccc(-c2ccc(-n3c4ccccc4c4c5sc6ccc7c8ccccc8n(-c8ccccc8)c7c6c5ccc43)cc2)cc1. The average Bonchev–Trinajstić information content (AvgIpc) is 3.76. The van der Waals surface area contributed by atoms with E-state index in [9.17, 15) is 0 Å². The van der Waals surface area contributed by atoms with E-state index >= 15 is 0 Å². The van der Waals surface area contributed by atoms with E-state index in [1.54, 1.807) is 0 Å². The first-order valence-corrected chi connectivity index (χ1v) is 16.2. The van der Waals surface area contributed by atoms with Crippen molar-refractivity contribution in [3.05, 3.63) is 158 Å². The van der Waals surface area contributed by atoms with Gasteiger partial charge < -0.3 is 9.13 Å². The fourth-order valence-corrected chi connectivity index (χ4v) is 8.64. The van der Waals surface area contributed by atoms with Crippen molar-refractivity contribution in [1.82, 2.24) is 9.13 Å². The van der Waals surface area contributed by atoms with Gasteiger partial charge in [0.1, 0.15) is 0 Å². The largest absolute Gasteiger partial charge is 0.309 e. The van der Waals surface area contributed by atoms with Gasteiger partial charge in [-0.1, -0.05) is 109 Å². The number of nitrogens with zero attached hydrogens (tertiary/aromatic N) is 2. The molecule has 0 spiro atoms. The van der Waals surface area contributed by atoms with Crippen LogP contribution in [0.15, 0.2) is 158 Å². The predicted molar refractivity (Wildman–Crippen MR) is 193 cm³/mol. The molecular weight excluding hydrogens is 565 g/mol. The summed E-state index contributed by atoms with van der Waals surface area (Å²) < 4.78 is 7.55. The predicted octanol–water partition coefficient (Wildman–Crippen LogP) is 11.9. The van der Waals surface area contributed by atoms with Crippen LogP contribution in [-0.2, 0) is 0 Å². The lowest BCUT2D eigenvalue weighted by molar-refractivity contribution is 1.18. The Balaban J connectivity index is 1.30. The van der Waals surface area contributed by atoms with E-state index in [-0.39, 0.29) is 0 Å². The van der Waals surface area contributed by atoms with E-state index in [0.717, 1.165) is 0 Å². The first-order chi connectivity index (χ1) is 22.3. The van der Waals surface area contributed by atoms with Gasteiger partial charge in [-0.05, 0) is 59.7 Å². The van der Waals surface area contributed by atoms with Gasteiger partial charge in [0.25, 0.3) is 0 Å². The van der Waals surface area contributed by atoms with E-state index in [1.807, 2.05) is 11.3 Å². The number of thiophene rings is 1. The minimum atomic E-state index is 1.17. The molecule has 0 saturated heterocycles. The van der Waals surface area contributed by atoms with Gasteiger partial charge in [-0.3, -0.25) is 0 Å². The van der Waals surface area contributed by atoms with Crippen LogP contribution in [0, 0.1) is 0 Å². The molecule has 45 heavy (non-hydrogen) atoms. The Kier molecular flexibility index (Phi) is 5.19. The molecule has 0 fully saturated rings. The highest BCUT2D eigenvalue weighted by molar-refractivity contribution is 7.27. The highest BCUT2D eigenvalue weighted by Gasteiger charge is 2.21.